The van der Waals surface area contributed by atoms with Crippen LogP contribution in [0.2, 0.25) is 0 Å². The standard InChI is InChI=1S/C19H39N2/c1-5-14-21(15-6-2)17-9-8-16-20(4)19-12-10-18(7-3)11-13-19/h18-19H,4-17H2,1-3H3/q+1. The van der Waals surface area contributed by atoms with Gasteiger partial charge in [-0.1, -0.05) is 27.2 Å². The number of nitrogens with zero attached hydrogens (tertiary/aromatic N) is 2. The van der Waals surface area contributed by atoms with E-state index in [9.17, 15) is 0 Å². The first-order valence-electron chi connectivity index (χ1n) is 9.50. The van der Waals surface area contributed by atoms with Gasteiger partial charge < -0.3 is 4.90 Å². The Morgan fingerprint density at radius 1 is 0.905 bits per heavy atom. The zero-order chi connectivity index (χ0) is 15.5. The maximum Gasteiger partial charge on any atom is 0.152 e. The first-order chi connectivity index (χ1) is 10.2. The molecule has 21 heavy (non-hydrogen) atoms. The van der Waals surface area contributed by atoms with Crippen LogP contribution >= 0.6 is 0 Å². The molecule has 1 aliphatic carbocycles. The van der Waals surface area contributed by atoms with E-state index in [0.29, 0.717) is 0 Å². The third-order valence-corrected chi connectivity index (χ3v) is 5.16. The lowest BCUT2D eigenvalue weighted by atomic mass is 9.84. The lowest BCUT2D eigenvalue weighted by Gasteiger charge is -2.26. The van der Waals surface area contributed by atoms with E-state index < -0.39 is 0 Å². The van der Waals surface area contributed by atoms with Crippen molar-refractivity contribution in [3.8, 4) is 0 Å². The molecule has 0 unspecified atom stereocenters. The van der Waals surface area contributed by atoms with Crippen LogP contribution in [0.25, 0.3) is 0 Å². The molecule has 0 amide bonds. The van der Waals surface area contributed by atoms with E-state index in [1.807, 2.05) is 0 Å². The van der Waals surface area contributed by atoms with E-state index in [-0.39, 0.29) is 0 Å². The summed E-state index contributed by atoms with van der Waals surface area (Å²) >= 11 is 0. The van der Waals surface area contributed by atoms with Crippen molar-refractivity contribution in [1.29, 1.82) is 0 Å². The maximum absolute atomic E-state index is 4.32. The third kappa shape index (κ3) is 7.44. The predicted octanol–water partition coefficient (Wildman–Crippen LogP) is 4.57. The molecule has 0 radical (unpaired) electrons. The monoisotopic (exact) mass is 295 g/mol. The summed E-state index contributed by atoms with van der Waals surface area (Å²) in [5.74, 6) is 0.992. The molecule has 0 aromatic carbocycles. The molecule has 1 saturated carbocycles. The lowest BCUT2D eigenvalue weighted by molar-refractivity contribution is -0.563. The van der Waals surface area contributed by atoms with Crippen molar-refractivity contribution in [2.75, 3.05) is 26.2 Å². The molecule has 1 aliphatic rings. The van der Waals surface area contributed by atoms with Crippen molar-refractivity contribution in [3.63, 3.8) is 0 Å². The summed E-state index contributed by atoms with van der Waals surface area (Å²) < 4.78 is 2.40. The predicted molar refractivity (Wildman–Crippen MR) is 94.5 cm³/mol. The van der Waals surface area contributed by atoms with Crippen LogP contribution in [0.3, 0.4) is 0 Å². The second-order valence-electron chi connectivity index (χ2n) is 6.94. The third-order valence-electron chi connectivity index (χ3n) is 5.16. The van der Waals surface area contributed by atoms with Crippen LogP contribution in [0.15, 0.2) is 0 Å². The van der Waals surface area contributed by atoms with Gasteiger partial charge in [0.2, 0.25) is 0 Å². The molecule has 0 N–H and O–H groups in total. The second-order valence-corrected chi connectivity index (χ2v) is 6.94. The Labute approximate surface area is 133 Å². The fourth-order valence-corrected chi connectivity index (χ4v) is 3.72. The van der Waals surface area contributed by atoms with Crippen molar-refractivity contribution >= 4 is 6.72 Å². The molecule has 0 aromatic rings. The highest BCUT2D eigenvalue weighted by molar-refractivity contribution is 5.14. The Kier molecular flexibility index (Phi) is 9.99. The molecule has 0 bridgehead atoms. The summed E-state index contributed by atoms with van der Waals surface area (Å²) in [6.07, 6.45) is 12.2. The van der Waals surface area contributed by atoms with Crippen LogP contribution in [0, 0.1) is 5.92 Å². The van der Waals surface area contributed by atoms with Crippen LogP contribution < -0.4 is 0 Å². The van der Waals surface area contributed by atoms with Gasteiger partial charge in [-0.3, -0.25) is 0 Å². The Morgan fingerprint density at radius 3 is 2.05 bits per heavy atom. The fraction of sp³-hybridized carbons (Fsp3) is 0.947. The van der Waals surface area contributed by atoms with E-state index in [0.717, 1.165) is 12.0 Å². The fourth-order valence-electron chi connectivity index (χ4n) is 3.72. The smallest absolute Gasteiger partial charge is 0.152 e. The van der Waals surface area contributed by atoms with Gasteiger partial charge >= 0.3 is 0 Å². The van der Waals surface area contributed by atoms with Gasteiger partial charge in [0.1, 0.15) is 13.3 Å². The van der Waals surface area contributed by atoms with E-state index >= 15 is 0 Å². The highest BCUT2D eigenvalue weighted by Gasteiger charge is 2.26. The van der Waals surface area contributed by atoms with Crippen LogP contribution in [-0.2, 0) is 0 Å². The molecule has 0 atom stereocenters. The Balaban J connectivity index is 2.13. The molecule has 0 heterocycles. The largest absolute Gasteiger partial charge is 0.303 e. The first-order valence-corrected chi connectivity index (χ1v) is 9.50. The van der Waals surface area contributed by atoms with Crippen molar-refractivity contribution in [2.45, 2.75) is 84.6 Å². The average Bonchev–Trinajstić information content (AvgIpc) is 2.51. The average molecular weight is 296 g/mol. The van der Waals surface area contributed by atoms with Crippen LogP contribution in [0.1, 0.15) is 78.6 Å². The maximum atomic E-state index is 4.32. The first kappa shape index (κ1) is 18.7. The van der Waals surface area contributed by atoms with Crippen molar-refractivity contribution in [3.05, 3.63) is 0 Å². The van der Waals surface area contributed by atoms with Gasteiger partial charge in [-0.25, -0.2) is 4.58 Å². The molecule has 1 fully saturated rings. The minimum atomic E-state index is 0.759. The van der Waals surface area contributed by atoms with Crippen molar-refractivity contribution < 1.29 is 4.58 Å². The Morgan fingerprint density at radius 2 is 1.52 bits per heavy atom. The summed E-state index contributed by atoms with van der Waals surface area (Å²) in [7, 11) is 0. The van der Waals surface area contributed by atoms with Gasteiger partial charge in [0.05, 0.1) is 0 Å². The number of hydrogen-bond donors (Lipinski definition) is 0. The second kappa shape index (κ2) is 11.2. The molecule has 2 heteroatoms. The van der Waals surface area contributed by atoms with E-state index in [2.05, 4.69) is 37.0 Å². The molecular weight excluding hydrogens is 256 g/mol. The van der Waals surface area contributed by atoms with Gasteiger partial charge in [-0.15, -0.1) is 0 Å². The zero-order valence-corrected chi connectivity index (χ0v) is 14.9. The molecule has 124 valence electrons. The topological polar surface area (TPSA) is 6.25 Å². The number of hydrogen-bond acceptors (Lipinski definition) is 1. The Hall–Kier alpha value is -0.370. The van der Waals surface area contributed by atoms with Gasteiger partial charge in [-0.05, 0) is 57.7 Å². The van der Waals surface area contributed by atoms with Crippen LogP contribution in [0.4, 0.5) is 0 Å². The van der Waals surface area contributed by atoms with Crippen LogP contribution in [0.5, 0.6) is 0 Å². The van der Waals surface area contributed by atoms with Crippen LogP contribution in [-0.4, -0.2) is 48.4 Å². The molecule has 0 aromatic heterocycles. The summed E-state index contributed by atoms with van der Waals surface area (Å²) in [4.78, 5) is 2.62. The molecule has 0 aliphatic heterocycles. The summed E-state index contributed by atoms with van der Waals surface area (Å²) in [6, 6.07) is 0.759. The van der Waals surface area contributed by atoms with Gasteiger partial charge in [0, 0.05) is 19.3 Å². The zero-order valence-electron chi connectivity index (χ0n) is 14.9. The van der Waals surface area contributed by atoms with E-state index in [1.165, 1.54) is 84.0 Å². The highest BCUT2D eigenvalue weighted by Crippen LogP contribution is 2.27. The lowest BCUT2D eigenvalue weighted by Crippen LogP contribution is -2.31. The summed E-state index contributed by atoms with van der Waals surface area (Å²) in [5.41, 5.74) is 0. The highest BCUT2D eigenvalue weighted by atomic mass is 15.1. The number of rotatable bonds is 11. The summed E-state index contributed by atoms with van der Waals surface area (Å²) in [5, 5.41) is 0. The van der Waals surface area contributed by atoms with Gasteiger partial charge in [-0.2, -0.15) is 0 Å². The molecule has 0 saturated heterocycles. The van der Waals surface area contributed by atoms with E-state index in [1.54, 1.807) is 0 Å². The van der Waals surface area contributed by atoms with Gasteiger partial charge in [0.15, 0.2) is 6.04 Å². The quantitative estimate of drug-likeness (QED) is 0.307. The normalized spacial score (nSPS) is 22.7. The number of unbranched alkanes of at least 4 members (excludes halogenated alkanes) is 1. The molecule has 1 rings (SSSR count). The Bertz CT molecular complexity index is 261. The molecule has 2 nitrogen and oxygen atoms in total. The van der Waals surface area contributed by atoms with E-state index in [4.69, 9.17) is 0 Å². The minimum Gasteiger partial charge on any atom is -0.303 e. The molecular formula is C19H39N2+. The van der Waals surface area contributed by atoms with Crippen molar-refractivity contribution in [1.82, 2.24) is 4.90 Å². The van der Waals surface area contributed by atoms with Crippen molar-refractivity contribution in [2.24, 2.45) is 5.92 Å². The molecule has 0 spiro atoms. The summed E-state index contributed by atoms with van der Waals surface area (Å²) in [6.45, 7) is 16.2. The minimum absolute atomic E-state index is 0.759. The van der Waals surface area contributed by atoms with Gasteiger partial charge in [0.25, 0.3) is 0 Å². The SMILES string of the molecule is C=[N+](CCCCN(CCC)CCC)C1CCC(CC)CC1.